The van der Waals surface area contributed by atoms with Crippen LogP contribution in [0.15, 0.2) is 107 Å². The van der Waals surface area contributed by atoms with Crippen LogP contribution in [0.25, 0.3) is 10.8 Å². The lowest BCUT2D eigenvalue weighted by molar-refractivity contribution is 0.190. The molecule has 7 heteroatoms. The van der Waals surface area contributed by atoms with E-state index in [4.69, 9.17) is 9.29 Å². The van der Waals surface area contributed by atoms with Crippen molar-refractivity contribution in [1.82, 2.24) is 5.32 Å². The van der Waals surface area contributed by atoms with Crippen LogP contribution in [-0.4, -0.2) is 31.3 Å². The molecule has 2 N–H and O–H groups in total. The Morgan fingerprint density at radius 3 is 2.14 bits per heavy atom. The third-order valence-corrected chi connectivity index (χ3v) is 7.40. The number of thioether (sulfide) groups is 1. The van der Waals surface area contributed by atoms with Crippen LogP contribution in [0.2, 0.25) is 0 Å². The molecule has 4 aromatic rings. The van der Waals surface area contributed by atoms with Gasteiger partial charge in [-0.25, -0.2) is 0 Å². The number of hydrogen-bond donors (Lipinski definition) is 2. The Bertz CT molecular complexity index is 1380. The molecule has 37 heavy (non-hydrogen) atoms. The van der Waals surface area contributed by atoms with Crippen LogP contribution in [-0.2, 0) is 10.1 Å². The lowest BCUT2D eigenvalue weighted by Gasteiger charge is -2.24. The van der Waals surface area contributed by atoms with E-state index >= 15 is 0 Å². The third-order valence-electron chi connectivity index (χ3n) is 5.38. The van der Waals surface area contributed by atoms with E-state index in [9.17, 15) is 8.42 Å². The summed E-state index contributed by atoms with van der Waals surface area (Å²) in [7, 11) is -2.12. The molecule has 0 bridgehead atoms. The number of para-hydroxylation sites is 1. The molecule has 4 aromatic carbocycles. The fraction of sp³-hybridized carbons (Fsp3) is 0.267. The van der Waals surface area contributed by atoms with Crippen molar-refractivity contribution in [2.24, 2.45) is 0 Å². The fourth-order valence-electron chi connectivity index (χ4n) is 3.68. The van der Waals surface area contributed by atoms with E-state index in [0.717, 1.165) is 29.5 Å². The number of benzene rings is 4. The molecule has 0 saturated carbocycles. The van der Waals surface area contributed by atoms with Crippen molar-refractivity contribution in [3.8, 4) is 5.75 Å². The number of hydrogen-bond acceptors (Lipinski definition) is 5. The van der Waals surface area contributed by atoms with E-state index in [2.05, 4.69) is 68.6 Å². The Morgan fingerprint density at radius 2 is 1.49 bits per heavy atom. The molecule has 0 aliphatic rings. The van der Waals surface area contributed by atoms with Gasteiger partial charge < -0.3 is 10.1 Å². The van der Waals surface area contributed by atoms with E-state index in [-0.39, 0.29) is 15.7 Å². The summed E-state index contributed by atoms with van der Waals surface area (Å²) in [6.07, 6.45) is 1.00. The van der Waals surface area contributed by atoms with Crippen molar-refractivity contribution >= 4 is 32.7 Å². The molecule has 1 unspecified atom stereocenters. The van der Waals surface area contributed by atoms with Gasteiger partial charge in [-0.3, -0.25) is 4.55 Å². The molecule has 0 spiro atoms. The fourth-order valence-corrected chi connectivity index (χ4v) is 5.22. The van der Waals surface area contributed by atoms with Crippen molar-refractivity contribution in [1.29, 1.82) is 0 Å². The van der Waals surface area contributed by atoms with Gasteiger partial charge in [-0.05, 0) is 54.2 Å². The Balaban J connectivity index is 0.000000231. The topological polar surface area (TPSA) is 75.6 Å². The largest absolute Gasteiger partial charge is 0.485 e. The summed E-state index contributed by atoms with van der Waals surface area (Å²) < 4.78 is 37.1. The molecule has 0 aliphatic carbocycles. The van der Waals surface area contributed by atoms with Crippen LogP contribution in [0.1, 0.15) is 38.9 Å². The minimum atomic E-state index is -4.09. The Hall–Kier alpha value is -2.84. The number of fused-ring (bicyclic) bond motifs is 1. The van der Waals surface area contributed by atoms with Crippen molar-refractivity contribution in [2.75, 3.05) is 13.6 Å². The summed E-state index contributed by atoms with van der Waals surface area (Å²) in [4.78, 5) is 1.13. The van der Waals surface area contributed by atoms with E-state index in [0.29, 0.717) is 0 Å². The van der Waals surface area contributed by atoms with Gasteiger partial charge in [0.15, 0.2) is 0 Å². The van der Waals surface area contributed by atoms with Gasteiger partial charge in [-0.2, -0.15) is 8.42 Å². The van der Waals surface area contributed by atoms with Crippen LogP contribution >= 0.6 is 11.8 Å². The third kappa shape index (κ3) is 9.20. The number of nitrogens with one attached hydrogen (secondary N) is 1. The summed E-state index contributed by atoms with van der Waals surface area (Å²) in [5, 5.41) is 4.96. The van der Waals surface area contributed by atoms with Gasteiger partial charge in [0.1, 0.15) is 11.9 Å². The maximum atomic E-state index is 10.8. The normalized spacial score (nSPS) is 12.5. The van der Waals surface area contributed by atoms with Crippen LogP contribution in [0, 0.1) is 0 Å². The smallest absolute Gasteiger partial charge is 0.294 e. The minimum Gasteiger partial charge on any atom is -0.485 e. The highest BCUT2D eigenvalue weighted by Crippen LogP contribution is 2.39. The quantitative estimate of drug-likeness (QED) is 0.180. The van der Waals surface area contributed by atoms with Crippen molar-refractivity contribution in [2.45, 2.75) is 47.8 Å². The first-order chi connectivity index (χ1) is 17.6. The van der Waals surface area contributed by atoms with Crippen molar-refractivity contribution in [3.05, 3.63) is 103 Å². The average molecular weight is 538 g/mol. The average Bonchev–Trinajstić information content (AvgIpc) is 2.87. The second kappa shape index (κ2) is 13.1. The van der Waals surface area contributed by atoms with Crippen LogP contribution in [0.3, 0.4) is 0 Å². The molecule has 0 heterocycles. The maximum absolute atomic E-state index is 10.8. The van der Waals surface area contributed by atoms with Gasteiger partial charge in [0, 0.05) is 16.1 Å². The molecular formula is C30H35NO4S2. The van der Waals surface area contributed by atoms with Crippen molar-refractivity contribution < 1.29 is 17.7 Å². The molecule has 4 rings (SSSR count). The molecule has 0 radical (unpaired) electrons. The predicted molar refractivity (Wildman–Crippen MR) is 154 cm³/mol. The molecule has 196 valence electrons. The van der Waals surface area contributed by atoms with Crippen LogP contribution in [0.4, 0.5) is 0 Å². The monoisotopic (exact) mass is 537 g/mol. The molecule has 0 amide bonds. The maximum Gasteiger partial charge on any atom is 0.294 e. The van der Waals surface area contributed by atoms with Gasteiger partial charge >= 0.3 is 0 Å². The van der Waals surface area contributed by atoms with E-state index in [1.54, 1.807) is 12.1 Å². The van der Waals surface area contributed by atoms with Gasteiger partial charge in [0.25, 0.3) is 10.1 Å². The lowest BCUT2D eigenvalue weighted by atomic mass is 10.1. The van der Waals surface area contributed by atoms with Gasteiger partial charge in [0.2, 0.25) is 0 Å². The number of rotatable bonds is 8. The van der Waals surface area contributed by atoms with Gasteiger partial charge in [-0.1, -0.05) is 93.6 Å². The predicted octanol–water partition coefficient (Wildman–Crippen LogP) is 7.39. The van der Waals surface area contributed by atoms with Crippen LogP contribution in [0.5, 0.6) is 5.75 Å². The number of ether oxygens (including phenoxy) is 1. The molecule has 0 aromatic heterocycles. The molecule has 5 nitrogen and oxygen atoms in total. The summed E-state index contributed by atoms with van der Waals surface area (Å²) in [6.45, 7) is 7.60. The van der Waals surface area contributed by atoms with Crippen LogP contribution < -0.4 is 10.1 Å². The van der Waals surface area contributed by atoms with Gasteiger partial charge in [-0.15, -0.1) is 11.8 Å². The van der Waals surface area contributed by atoms with E-state index in [1.165, 1.54) is 22.6 Å². The highest BCUT2D eigenvalue weighted by Gasteiger charge is 2.19. The summed E-state index contributed by atoms with van der Waals surface area (Å²) >= 11 is 1.85. The SMILES string of the molecule is CNCCC(Oc1ccccc1SC(C)(C)C)c1ccccc1.O=S(=O)(O)c1ccc2ccccc2c1. The first-order valence-corrected chi connectivity index (χ1v) is 14.4. The second-order valence-electron chi connectivity index (χ2n) is 9.55. The zero-order valence-corrected chi connectivity index (χ0v) is 23.4. The summed E-state index contributed by atoms with van der Waals surface area (Å²) in [5.74, 6) is 0.970. The Labute approximate surface area is 225 Å². The summed E-state index contributed by atoms with van der Waals surface area (Å²) in [6, 6.07) is 30.7. The highest BCUT2D eigenvalue weighted by atomic mass is 32.2. The zero-order valence-electron chi connectivity index (χ0n) is 21.7. The Morgan fingerprint density at radius 1 is 0.865 bits per heavy atom. The molecular weight excluding hydrogens is 502 g/mol. The Kier molecular flexibility index (Phi) is 10.2. The molecule has 0 aliphatic heterocycles. The minimum absolute atomic E-state index is 0.0605. The molecule has 0 fully saturated rings. The first-order valence-electron chi connectivity index (χ1n) is 12.2. The van der Waals surface area contributed by atoms with Gasteiger partial charge in [0.05, 0.1) is 4.90 Å². The van der Waals surface area contributed by atoms with Crippen molar-refractivity contribution in [3.63, 3.8) is 0 Å². The lowest BCUT2D eigenvalue weighted by Crippen LogP contribution is -2.16. The van der Waals surface area contributed by atoms with E-state index < -0.39 is 10.1 Å². The zero-order chi connectivity index (χ0) is 26.9. The second-order valence-corrected chi connectivity index (χ2v) is 12.8. The molecule has 1 atom stereocenters. The molecule has 0 saturated heterocycles. The highest BCUT2D eigenvalue weighted by molar-refractivity contribution is 8.00. The van der Waals surface area contributed by atoms with E-state index in [1.807, 2.05) is 49.1 Å². The standard InChI is InChI=1S/C20H27NOS.C10H8O3S/c1-20(2,3)23-19-13-9-8-12-18(19)22-17(14-15-21-4)16-10-6-5-7-11-16;11-14(12,13)10-6-5-8-3-1-2-4-9(8)7-10/h5-13,17,21H,14-15H2,1-4H3;1-7H,(H,11,12,13). The first kappa shape index (κ1) is 28.7. The summed E-state index contributed by atoms with van der Waals surface area (Å²) in [5.41, 5.74) is 1.22.